The molecule has 26 heavy (non-hydrogen) atoms. The number of carbonyl (C=O) groups is 1. The van der Waals surface area contributed by atoms with Crippen molar-refractivity contribution in [1.82, 2.24) is 0 Å². The molecule has 0 aliphatic carbocycles. The highest BCUT2D eigenvalue weighted by Crippen LogP contribution is 2.35. The first kappa shape index (κ1) is 18.9. The van der Waals surface area contributed by atoms with E-state index in [0.29, 0.717) is 22.2 Å². The highest BCUT2D eigenvalue weighted by Gasteiger charge is 2.23. The summed E-state index contributed by atoms with van der Waals surface area (Å²) in [7, 11) is -2.45. The van der Waals surface area contributed by atoms with Crippen LogP contribution in [-0.2, 0) is 14.8 Å². The van der Waals surface area contributed by atoms with Crippen LogP contribution in [0.4, 0.5) is 11.4 Å². The summed E-state index contributed by atoms with van der Waals surface area (Å²) in [5.74, 6) is 0.713. The SMILES string of the molecule is COc1ccc(Cl)cc1NS(=O)(=O)c1ccc2c(c1)NC(=O)[C@@H](C)CS2. The Morgan fingerprint density at radius 1 is 1.27 bits per heavy atom. The van der Waals surface area contributed by atoms with Gasteiger partial charge in [0.15, 0.2) is 0 Å². The van der Waals surface area contributed by atoms with Crippen molar-refractivity contribution in [3.8, 4) is 5.75 Å². The Morgan fingerprint density at radius 2 is 2.04 bits per heavy atom. The molecule has 1 aliphatic rings. The zero-order chi connectivity index (χ0) is 18.9. The van der Waals surface area contributed by atoms with E-state index in [1.165, 1.54) is 37.1 Å². The molecule has 1 heterocycles. The molecule has 0 spiro atoms. The first-order valence-electron chi connectivity index (χ1n) is 7.74. The van der Waals surface area contributed by atoms with Gasteiger partial charge in [0, 0.05) is 21.6 Å². The van der Waals surface area contributed by atoms with Gasteiger partial charge in [0.2, 0.25) is 5.91 Å². The normalized spacial score (nSPS) is 17.0. The molecular formula is C17H17ClN2O4S2. The molecule has 0 aromatic heterocycles. The van der Waals surface area contributed by atoms with Crippen molar-refractivity contribution >= 4 is 50.7 Å². The number of methoxy groups -OCH3 is 1. The van der Waals surface area contributed by atoms with Gasteiger partial charge in [-0.2, -0.15) is 0 Å². The van der Waals surface area contributed by atoms with Gasteiger partial charge < -0.3 is 10.1 Å². The maximum absolute atomic E-state index is 12.8. The molecule has 2 N–H and O–H groups in total. The lowest BCUT2D eigenvalue weighted by Gasteiger charge is -2.14. The molecule has 2 aromatic carbocycles. The Bertz CT molecular complexity index is 963. The fraction of sp³-hybridized carbons (Fsp3) is 0.235. The molecular weight excluding hydrogens is 396 g/mol. The zero-order valence-electron chi connectivity index (χ0n) is 14.1. The van der Waals surface area contributed by atoms with Gasteiger partial charge in [0.05, 0.1) is 23.4 Å². The highest BCUT2D eigenvalue weighted by atomic mass is 35.5. The van der Waals surface area contributed by atoms with Crippen LogP contribution in [0.5, 0.6) is 5.75 Å². The van der Waals surface area contributed by atoms with Crippen LogP contribution in [-0.4, -0.2) is 27.2 Å². The number of ether oxygens (including phenoxy) is 1. The topological polar surface area (TPSA) is 84.5 Å². The van der Waals surface area contributed by atoms with Gasteiger partial charge in [-0.15, -0.1) is 11.8 Å². The third-order valence-electron chi connectivity index (χ3n) is 3.86. The molecule has 0 unspecified atom stereocenters. The second-order valence-electron chi connectivity index (χ2n) is 5.81. The van der Waals surface area contributed by atoms with Gasteiger partial charge in [-0.25, -0.2) is 8.42 Å². The third-order valence-corrected chi connectivity index (χ3v) is 6.79. The molecule has 0 saturated heterocycles. The van der Waals surface area contributed by atoms with E-state index in [0.717, 1.165) is 4.90 Å². The largest absolute Gasteiger partial charge is 0.495 e. The first-order valence-corrected chi connectivity index (χ1v) is 10.6. The maximum atomic E-state index is 12.8. The van der Waals surface area contributed by atoms with E-state index < -0.39 is 10.0 Å². The van der Waals surface area contributed by atoms with Crippen molar-refractivity contribution in [2.75, 3.05) is 22.9 Å². The number of amides is 1. The number of hydrogen-bond acceptors (Lipinski definition) is 5. The van der Waals surface area contributed by atoms with E-state index in [9.17, 15) is 13.2 Å². The fourth-order valence-corrected chi connectivity index (χ4v) is 4.68. The van der Waals surface area contributed by atoms with Crippen molar-refractivity contribution < 1.29 is 17.9 Å². The summed E-state index contributed by atoms with van der Waals surface area (Å²) in [5, 5.41) is 3.16. The van der Waals surface area contributed by atoms with Crippen molar-refractivity contribution in [2.45, 2.75) is 16.7 Å². The molecule has 0 radical (unpaired) electrons. The Balaban J connectivity index is 1.95. The number of fused-ring (bicyclic) bond motifs is 1. The summed E-state index contributed by atoms with van der Waals surface area (Å²) in [4.78, 5) is 12.9. The standard InChI is InChI=1S/C17H17ClN2O4S2/c1-10-9-25-16-6-4-12(8-14(16)19-17(10)21)26(22,23)20-13-7-11(18)3-5-15(13)24-2/h3-8,10,20H,9H2,1-2H3,(H,19,21)/t10-/m0/s1. The Kier molecular flexibility index (Phi) is 5.36. The lowest BCUT2D eigenvalue weighted by atomic mass is 10.2. The number of thioether (sulfide) groups is 1. The van der Waals surface area contributed by atoms with Gasteiger partial charge in [0.25, 0.3) is 10.0 Å². The Labute approximate surface area is 161 Å². The molecule has 0 saturated carbocycles. The summed E-state index contributed by atoms with van der Waals surface area (Å²) >= 11 is 7.47. The van der Waals surface area contributed by atoms with Crippen molar-refractivity contribution in [3.63, 3.8) is 0 Å². The van der Waals surface area contributed by atoms with Crippen LogP contribution in [0.2, 0.25) is 5.02 Å². The van der Waals surface area contributed by atoms with E-state index in [4.69, 9.17) is 16.3 Å². The third kappa shape index (κ3) is 3.92. The van der Waals surface area contributed by atoms with E-state index >= 15 is 0 Å². The minimum absolute atomic E-state index is 0.0359. The van der Waals surface area contributed by atoms with E-state index in [-0.39, 0.29) is 22.4 Å². The monoisotopic (exact) mass is 412 g/mol. The number of hydrogen-bond donors (Lipinski definition) is 2. The number of anilines is 2. The average Bonchev–Trinajstić information content (AvgIpc) is 2.73. The van der Waals surface area contributed by atoms with Crippen LogP contribution in [0.3, 0.4) is 0 Å². The summed E-state index contributed by atoms with van der Waals surface area (Å²) in [6.07, 6.45) is 0. The summed E-state index contributed by atoms with van der Waals surface area (Å²) in [6, 6.07) is 9.32. The highest BCUT2D eigenvalue weighted by molar-refractivity contribution is 7.99. The molecule has 1 aliphatic heterocycles. The van der Waals surface area contributed by atoms with Crippen LogP contribution < -0.4 is 14.8 Å². The van der Waals surface area contributed by atoms with Crippen molar-refractivity contribution in [1.29, 1.82) is 0 Å². The van der Waals surface area contributed by atoms with E-state index in [1.807, 2.05) is 6.92 Å². The van der Waals surface area contributed by atoms with Crippen LogP contribution in [0.25, 0.3) is 0 Å². The molecule has 0 bridgehead atoms. The molecule has 0 fully saturated rings. The van der Waals surface area contributed by atoms with Crippen LogP contribution in [0.15, 0.2) is 46.2 Å². The number of benzene rings is 2. The average molecular weight is 413 g/mol. The quantitative estimate of drug-likeness (QED) is 0.797. The van der Waals surface area contributed by atoms with Gasteiger partial charge in [-0.3, -0.25) is 9.52 Å². The van der Waals surface area contributed by atoms with Gasteiger partial charge >= 0.3 is 0 Å². The van der Waals surface area contributed by atoms with E-state index in [1.54, 1.807) is 18.2 Å². The second-order valence-corrected chi connectivity index (χ2v) is 8.99. The summed E-state index contributed by atoms with van der Waals surface area (Å²) in [5.41, 5.74) is 0.729. The minimum atomic E-state index is -3.89. The predicted molar refractivity (Wildman–Crippen MR) is 104 cm³/mol. The number of halogens is 1. The number of sulfonamides is 1. The molecule has 9 heteroatoms. The molecule has 2 aromatic rings. The van der Waals surface area contributed by atoms with Crippen LogP contribution in [0.1, 0.15) is 6.92 Å². The number of rotatable bonds is 4. The lowest BCUT2D eigenvalue weighted by Crippen LogP contribution is -2.20. The van der Waals surface area contributed by atoms with Crippen LogP contribution >= 0.6 is 23.4 Å². The number of nitrogens with one attached hydrogen (secondary N) is 2. The summed E-state index contributed by atoms with van der Waals surface area (Å²) < 4.78 is 33.2. The fourth-order valence-electron chi connectivity index (χ4n) is 2.41. The summed E-state index contributed by atoms with van der Waals surface area (Å²) in [6.45, 7) is 1.83. The minimum Gasteiger partial charge on any atom is -0.495 e. The smallest absolute Gasteiger partial charge is 0.262 e. The molecule has 3 rings (SSSR count). The van der Waals surface area contributed by atoms with Crippen LogP contribution in [0, 0.1) is 5.92 Å². The molecule has 1 atom stereocenters. The molecule has 1 amide bonds. The maximum Gasteiger partial charge on any atom is 0.262 e. The van der Waals surface area contributed by atoms with Gasteiger partial charge in [-0.1, -0.05) is 18.5 Å². The Morgan fingerprint density at radius 3 is 2.77 bits per heavy atom. The zero-order valence-corrected chi connectivity index (χ0v) is 16.5. The Hall–Kier alpha value is -1.90. The first-order chi connectivity index (χ1) is 12.3. The van der Waals surface area contributed by atoms with E-state index in [2.05, 4.69) is 10.0 Å². The molecule has 138 valence electrons. The second kappa shape index (κ2) is 7.38. The van der Waals surface area contributed by atoms with Gasteiger partial charge in [0.1, 0.15) is 5.75 Å². The predicted octanol–water partition coefficient (Wildman–Crippen LogP) is 3.83. The van der Waals surface area contributed by atoms with Crippen molar-refractivity contribution in [2.24, 2.45) is 5.92 Å². The number of carbonyl (C=O) groups excluding carboxylic acids is 1. The van der Waals surface area contributed by atoms with Crippen molar-refractivity contribution in [3.05, 3.63) is 41.4 Å². The lowest BCUT2D eigenvalue weighted by molar-refractivity contribution is -0.118. The van der Waals surface area contributed by atoms with Gasteiger partial charge in [-0.05, 0) is 36.4 Å². The molecule has 6 nitrogen and oxygen atoms in total.